The van der Waals surface area contributed by atoms with Crippen molar-refractivity contribution >= 4 is 0 Å². The van der Waals surface area contributed by atoms with Crippen molar-refractivity contribution in [2.24, 2.45) is 11.7 Å². The zero-order valence-electron chi connectivity index (χ0n) is 12.4. The average molecular weight is 280 g/mol. The van der Waals surface area contributed by atoms with Crippen LogP contribution in [0.5, 0.6) is 0 Å². The first-order valence-corrected chi connectivity index (χ1v) is 7.92. The minimum atomic E-state index is 0.652. The van der Waals surface area contributed by atoms with Gasteiger partial charge in [-0.1, -0.05) is 60.7 Å². The van der Waals surface area contributed by atoms with Crippen LogP contribution in [0.3, 0.4) is 0 Å². The molecule has 2 nitrogen and oxygen atoms in total. The Morgan fingerprint density at radius 3 is 1.81 bits per heavy atom. The van der Waals surface area contributed by atoms with Crippen LogP contribution < -0.4 is 11.1 Å². The Kier molecular flexibility index (Phi) is 4.69. The summed E-state index contributed by atoms with van der Waals surface area (Å²) in [5, 5.41) is 3.57. The van der Waals surface area contributed by atoms with Crippen molar-refractivity contribution in [3.8, 4) is 0 Å². The molecule has 1 fully saturated rings. The summed E-state index contributed by atoms with van der Waals surface area (Å²) in [5.74, 6) is 2.01. The first-order chi connectivity index (χ1) is 10.4. The summed E-state index contributed by atoms with van der Waals surface area (Å²) < 4.78 is 0. The maximum atomic E-state index is 5.56. The van der Waals surface area contributed by atoms with Crippen molar-refractivity contribution in [2.45, 2.75) is 18.3 Å². The van der Waals surface area contributed by atoms with Crippen LogP contribution in [0.2, 0.25) is 0 Å². The molecule has 2 heteroatoms. The quantitative estimate of drug-likeness (QED) is 0.765. The summed E-state index contributed by atoms with van der Waals surface area (Å²) >= 11 is 0. The van der Waals surface area contributed by atoms with Gasteiger partial charge in [-0.3, -0.25) is 0 Å². The van der Waals surface area contributed by atoms with Crippen molar-refractivity contribution in [1.29, 1.82) is 0 Å². The maximum absolute atomic E-state index is 5.56. The van der Waals surface area contributed by atoms with Crippen molar-refractivity contribution in [2.75, 3.05) is 19.6 Å². The molecule has 1 saturated carbocycles. The third-order valence-electron chi connectivity index (χ3n) is 4.48. The summed E-state index contributed by atoms with van der Waals surface area (Å²) in [6, 6.07) is 21.8. The average Bonchev–Trinajstić information content (AvgIpc) is 3.27. The van der Waals surface area contributed by atoms with E-state index < -0.39 is 0 Å². The molecule has 0 aliphatic heterocycles. The first-order valence-electron chi connectivity index (χ1n) is 7.92. The Morgan fingerprint density at radius 1 is 0.810 bits per heavy atom. The molecule has 3 N–H and O–H groups in total. The highest BCUT2D eigenvalue weighted by molar-refractivity contribution is 5.39. The molecule has 0 aromatic heterocycles. The highest BCUT2D eigenvalue weighted by Crippen LogP contribution is 2.59. The van der Waals surface area contributed by atoms with Crippen molar-refractivity contribution < 1.29 is 0 Å². The molecule has 2 unspecified atom stereocenters. The van der Waals surface area contributed by atoms with Gasteiger partial charge >= 0.3 is 0 Å². The van der Waals surface area contributed by atoms with E-state index in [4.69, 9.17) is 5.73 Å². The van der Waals surface area contributed by atoms with Gasteiger partial charge < -0.3 is 11.1 Å². The van der Waals surface area contributed by atoms with Crippen LogP contribution in [0.15, 0.2) is 60.7 Å². The van der Waals surface area contributed by atoms with E-state index in [2.05, 4.69) is 66.0 Å². The van der Waals surface area contributed by atoms with E-state index in [1.807, 2.05) is 0 Å². The van der Waals surface area contributed by atoms with Gasteiger partial charge in [0.2, 0.25) is 0 Å². The van der Waals surface area contributed by atoms with Crippen molar-refractivity contribution in [3.63, 3.8) is 0 Å². The lowest BCUT2D eigenvalue weighted by Crippen LogP contribution is -2.21. The van der Waals surface area contributed by atoms with Crippen molar-refractivity contribution in [1.82, 2.24) is 5.32 Å². The lowest BCUT2D eigenvalue weighted by Gasteiger charge is -2.03. The van der Waals surface area contributed by atoms with Crippen LogP contribution in [-0.2, 0) is 0 Å². The van der Waals surface area contributed by atoms with E-state index in [-0.39, 0.29) is 0 Å². The van der Waals surface area contributed by atoms with Crippen LogP contribution in [-0.4, -0.2) is 19.6 Å². The normalized spacial score (nSPS) is 24.0. The second-order valence-electron chi connectivity index (χ2n) is 5.88. The summed E-state index contributed by atoms with van der Waals surface area (Å²) in [6.45, 7) is 2.87. The summed E-state index contributed by atoms with van der Waals surface area (Å²) in [7, 11) is 0. The molecule has 2 aromatic carbocycles. The molecule has 21 heavy (non-hydrogen) atoms. The number of hydrogen-bond acceptors (Lipinski definition) is 2. The van der Waals surface area contributed by atoms with Crippen LogP contribution in [0.4, 0.5) is 0 Å². The zero-order chi connectivity index (χ0) is 14.5. The largest absolute Gasteiger partial charge is 0.330 e. The molecule has 0 radical (unpaired) electrons. The van der Waals surface area contributed by atoms with Gasteiger partial charge in [-0.2, -0.15) is 0 Å². The van der Waals surface area contributed by atoms with Gasteiger partial charge in [0.05, 0.1) is 0 Å². The molecule has 0 spiro atoms. The molecule has 2 atom stereocenters. The molecule has 0 heterocycles. The van der Waals surface area contributed by atoms with Crippen molar-refractivity contribution in [3.05, 3.63) is 71.8 Å². The van der Waals surface area contributed by atoms with Gasteiger partial charge in [-0.05, 0) is 54.9 Å². The van der Waals surface area contributed by atoms with Crippen LogP contribution >= 0.6 is 0 Å². The Labute approximate surface area is 127 Å². The fourth-order valence-corrected chi connectivity index (χ4v) is 3.38. The van der Waals surface area contributed by atoms with Gasteiger partial charge in [-0.25, -0.2) is 0 Å². The maximum Gasteiger partial charge on any atom is -0.000835 e. The molecule has 2 aromatic rings. The fourth-order valence-electron chi connectivity index (χ4n) is 3.38. The Hall–Kier alpha value is -1.64. The standard InChI is InChI=1S/C19H24N2/c20-12-7-13-21-14-17-18(15-8-3-1-4-9-15)19(17)16-10-5-2-6-11-16/h1-6,8-11,17-19,21H,7,12-14,20H2. The third-order valence-corrected chi connectivity index (χ3v) is 4.48. The van der Waals surface area contributed by atoms with Gasteiger partial charge in [0.1, 0.15) is 0 Å². The van der Waals surface area contributed by atoms with E-state index in [9.17, 15) is 0 Å². The number of hydrogen-bond donors (Lipinski definition) is 2. The van der Waals surface area contributed by atoms with Gasteiger partial charge in [0.25, 0.3) is 0 Å². The molecule has 0 saturated heterocycles. The summed E-state index contributed by atoms with van der Waals surface area (Å²) in [4.78, 5) is 0. The van der Waals surface area contributed by atoms with E-state index in [0.29, 0.717) is 17.8 Å². The predicted octanol–water partition coefficient (Wildman–Crippen LogP) is 3.12. The number of benzene rings is 2. The number of nitrogens with one attached hydrogen (secondary N) is 1. The molecular formula is C19H24N2. The lowest BCUT2D eigenvalue weighted by atomic mass is 10.0. The Balaban J connectivity index is 1.70. The SMILES string of the molecule is NCCCNCC1C(c2ccccc2)C1c1ccccc1. The second-order valence-corrected chi connectivity index (χ2v) is 5.88. The summed E-state index contributed by atoms with van der Waals surface area (Å²) in [5.41, 5.74) is 8.50. The van der Waals surface area contributed by atoms with Gasteiger partial charge in [-0.15, -0.1) is 0 Å². The fraction of sp³-hybridized carbons (Fsp3) is 0.368. The van der Waals surface area contributed by atoms with Crippen LogP contribution in [0, 0.1) is 5.92 Å². The minimum absolute atomic E-state index is 0.652. The first kappa shape index (κ1) is 14.3. The number of rotatable bonds is 7. The van der Waals surface area contributed by atoms with Crippen LogP contribution in [0.1, 0.15) is 29.4 Å². The smallest absolute Gasteiger partial charge is 0.000835 e. The Bertz CT molecular complexity index is 493. The van der Waals surface area contributed by atoms with Gasteiger partial charge in [0.15, 0.2) is 0 Å². The van der Waals surface area contributed by atoms with Crippen LogP contribution in [0.25, 0.3) is 0 Å². The Morgan fingerprint density at radius 2 is 1.33 bits per heavy atom. The molecule has 0 bridgehead atoms. The summed E-state index contributed by atoms with van der Waals surface area (Å²) in [6.07, 6.45) is 1.05. The molecule has 1 aliphatic carbocycles. The monoisotopic (exact) mass is 280 g/mol. The van der Waals surface area contributed by atoms with E-state index in [1.165, 1.54) is 11.1 Å². The molecular weight excluding hydrogens is 256 g/mol. The van der Waals surface area contributed by atoms with E-state index in [0.717, 1.165) is 26.1 Å². The molecule has 0 amide bonds. The third kappa shape index (κ3) is 3.34. The molecule has 1 aliphatic rings. The minimum Gasteiger partial charge on any atom is -0.330 e. The second kappa shape index (κ2) is 6.88. The molecule has 110 valence electrons. The topological polar surface area (TPSA) is 38.0 Å². The highest BCUT2D eigenvalue weighted by Gasteiger charge is 2.50. The zero-order valence-corrected chi connectivity index (χ0v) is 12.4. The lowest BCUT2D eigenvalue weighted by molar-refractivity contribution is 0.602. The predicted molar refractivity (Wildman–Crippen MR) is 88.4 cm³/mol. The van der Waals surface area contributed by atoms with Gasteiger partial charge in [0, 0.05) is 0 Å². The highest BCUT2D eigenvalue weighted by atomic mass is 14.9. The van der Waals surface area contributed by atoms with E-state index in [1.54, 1.807) is 0 Å². The number of nitrogens with two attached hydrogens (primary N) is 1. The molecule has 3 rings (SSSR count). The van der Waals surface area contributed by atoms with E-state index >= 15 is 0 Å².